The van der Waals surface area contributed by atoms with Crippen LogP contribution in [0.5, 0.6) is 5.75 Å². The molecule has 0 aromatic heterocycles. The fraction of sp³-hybridized carbons (Fsp3) is 0.625. The summed E-state index contributed by atoms with van der Waals surface area (Å²) in [4.78, 5) is 2.23. The largest absolute Gasteiger partial charge is 0.496 e. The van der Waals surface area contributed by atoms with Crippen molar-refractivity contribution in [3.05, 3.63) is 29.3 Å². The number of benzene rings is 1. The predicted octanol–water partition coefficient (Wildman–Crippen LogP) is 3.16. The Labute approximate surface area is 117 Å². The van der Waals surface area contributed by atoms with E-state index in [1.165, 1.54) is 11.1 Å². The van der Waals surface area contributed by atoms with Gasteiger partial charge in [-0.2, -0.15) is 0 Å². The van der Waals surface area contributed by atoms with Crippen LogP contribution in [0.1, 0.15) is 50.3 Å². The van der Waals surface area contributed by atoms with Crippen molar-refractivity contribution in [2.24, 2.45) is 5.73 Å². The quantitative estimate of drug-likeness (QED) is 0.857. The van der Waals surface area contributed by atoms with Crippen LogP contribution in [0.4, 0.5) is 0 Å². The normalized spacial score (nSPS) is 14.8. The van der Waals surface area contributed by atoms with Crippen molar-refractivity contribution in [1.29, 1.82) is 0 Å². The molecule has 19 heavy (non-hydrogen) atoms. The Kier molecular flexibility index (Phi) is 5.83. The van der Waals surface area contributed by atoms with Gasteiger partial charge in [0, 0.05) is 12.1 Å². The van der Waals surface area contributed by atoms with Crippen LogP contribution in [0.2, 0.25) is 0 Å². The highest BCUT2D eigenvalue weighted by molar-refractivity contribution is 5.40. The third kappa shape index (κ3) is 4.22. The number of rotatable bonds is 6. The maximum absolute atomic E-state index is 5.97. The first-order valence-corrected chi connectivity index (χ1v) is 6.96. The molecule has 0 bridgehead atoms. The van der Waals surface area contributed by atoms with Gasteiger partial charge in [-0.1, -0.05) is 26.0 Å². The Morgan fingerprint density at radius 2 is 1.84 bits per heavy atom. The number of nitrogens with two attached hydrogens (primary N) is 1. The molecule has 3 heteroatoms. The standard InChI is InChI=1S/C16H28N2O/c1-11(2)14-10-13(7-8-16(14)19-6)15(18(4)5)9-12(3)17/h7-8,10-12,15H,9,17H2,1-6H3. The van der Waals surface area contributed by atoms with Crippen molar-refractivity contribution >= 4 is 0 Å². The second-order valence-electron chi connectivity index (χ2n) is 5.85. The van der Waals surface area contributed by atoms with Gasteiger partial charge in [-0.3, -0.25) is 0 Å². The highest BCUT2D eigenvalue weighted by Crippen LogP contribution is 2.32. The summed E-state index contributed by atoms with van der Waals surface area (Å²) in [7, 11) is 5.94. The average Bonchev–Trinajstić information content (AvgIpc) is 2.34. The molecule has 0 amide bonds. The predicted molar refractivity (Wildman–Crippen MR) is 81.8 cm³/mol. The number of nitrogens with zero attached hydrogens (tertiary/aromatic N) is 1. The number of hydrogen-bond donors (Lipinski definition) is 1. The second-order valence-corrected chi connectivity index (χ2v) is 5.85. The first kappa shape index (κ1) is 16.0. The summed E-state index contributed by atoms with van der Waals surface area (Å²) in [5.74, 6) is 1.42. The molecule has 0 aliphatic rings. The van der Waals surface area contributed by atoms with Gasteiger partial charge in [0.1, 0.15) is 5.75 Å². The second kappa shape index (κ2) is 6.92. The zero-order valence-electron chi connectivity index (χ0n) is 13.1. The van der Waals surface area contributed by atoms with Crippen LogP contribution < -0.4 is 10.5 Å². The van der Waals surface area contributed by atoms with Crippen LogP contribution >= 0.6 is 0 Å². The third-order valence-corrected chi connectivity index (χ3v) is 3.48. The molecule has 0 saturated heterocycles. The van der Waals surface area contributed by atoms with E-state index in [-0.39, 0.29) is 6.04 Å². The van der Waals surface area contributed by atoms with Gasteiger partial charge >= 0.3 is 0 Å². The van der Waals surface area contributed by atoms with Crippen molar-refractivity contribution in [3.63, 3.8) is 0 Å². The smallest absolute Gasteiger partial charge is 0.122 e. The molecular formula is C16H28N2O. The lowest BCUT2D eigenvalue weighted by Gasteiger charge is -2.27. The van der Waals surface area contributed by atoms with Gasteiger partial charge < -0.3 is 15.4 Å². The van der Waals surface area contributed by atoms with Crippen molar-refractivity contribution in [3.8, 4) is 5.75 Å². The number of ether oxygens (including phenoxy) is 1. The molecule has 1 aromatic carbocycles. The summed E-state index contributed by atoms with van der Waals surface area (Å²) in [6.45, 7) is 6.44. The maximum atomic E-state index is 5.97. The van der Waals surface area contributed by atoms with Gasteiger partial charge in [0.2, 0.25) is 0 Å². The molecule has 2 N–H and O–H groups in total. The Hall–Kier alpha value is -1.06. The lowest BCUT2D eigenvalue weighted by atomic mass is 9.93. The van der Waals surface area contributed by atoms with Gasteiger partial charge in [-0.15, -0.1) is 0 Å². The Balaban J connectivity index is 3.14. The summed E-state index contributed by atoms with van der Waals surface area (Å²) in [6, 6.07) is 7.02. The molecule has 0 saturated carbocycles. The van der Waals surface area contributed by atoms with Gasteiger partial charge in [-0.05, 0) is 50.6 Å². The molecule has 2 unspecified atom stereocenters. The van der Waals surface area contributed by atoms with Gasteiger partial charge in [0.15, 0.2) is 0 Å². The Bertz CT molecular complexity index is 400. The monoisotopic (exact) mass is 264 g/mol. The minimum Gasteiger partial charge on any atom is -0.496 e. The fourth-order valence-electron chi connectivity index (χ4n) is 2.41. The molecule has 0 aliphatic heterocycles. The number of methoxy groups -OCH3 is 1. The van der Waals surface area contributed by atoms with Gasteiger partial charge in [-0.25, -0.2) is 0 Å². The first-order valence-electron chi connectivity index (χ1n) is 6.96. The van der Waals surface area contributed by atoms with Gasteiger partial charge in [0.05, 0.1) is 7.11 Å². The summed E-state index contributed by atoms with van der Waals surface area (Å²) in [6.07, 6.45) is 0.955. The van der Waals surface area contributed by atoms with E-state index in [9.17, 15) is 0 Å². The van der Waals surface area contributed by atoms with E-state index in [0.717, 1.165) is 12.2 Å². The van der Waals surface area contributed by atoms with E-state index < -0.39 is 0 Å². The van der Waals surface area contributed by atoms with E-state index in [1.807, 2.05) is 0 Å². The molecule has 108 valence electrons. The minimum atomic E-state index is 0.192. The summed E-state index contributed by atoms with van der Waals surface area (Å²) in [5, 5.41) is 0. The highest BCUT2D eigenvalue weighted by Gasteiger charge is 2.18. The molecule has 1 aromatic rings. The molecule has 3 nitrogen and oxygen atoms in total. The van der Waals surface area contributed by atoms with Crippen LogP contribution in [-0.2, 0) is 0 Å². The van der Waals surface area contributed by atoms with Crippen LogP contribution in [0.15, 0.2) is 18.2 Å². The molecule has 0 spiro atoms. The SMILES string of the molecule is COc1ccc(C(CC(C)N)N(C)C)cc1C(C)C. The van der Waals surface area contributed by atoms with Crippen molar-refractivity contribution in [2.75, 3.05) is 21.2 Å². The van der Waals surface area contributed by atoms with Crippen molar-refractivity contribution in [2.45, 2.75) is 45.2 Å². The molecule has 0 aliphatic carbocycles. The summed E-state index contributed by atoms with van der Waals surface area (Å²) in [5.41, 5.74) is 8.54. The highest BCUT2D eigenvalue weighted by atomic mass is 16.5. The molecule has 0 radical (unpaired) electrons. The first-order chi connectivity index (χ1) is 8.86. The van der Waals surface area contributed by atoms with E-state index >= 15 is 0 Å². The Morgan fingerprint density at radius 1 is 1.21 bits per heavy atom. The third-order valence-electron chi connectivity index (χ3n) is 3.48. The number of hydrogen-bond acceptors (Lipinski definition) is 3. The molecular weight excluding hydrogens is 236 g/mol. The van der Waals surface area contributed by atoms with Gasteiger partial charge in [0.25, 0.3) is 0 Å². The van der Waals surface area contributed by atoms with Crippen molar-refractivity contribution < 1.29 is 4.74 Å². The van der Waals surface area contributed by atoms with E-state index in [1.54, 1.807) is 7.11 Å². The summed E-state index contributed by atoms with van der Waals surface area (Å²) >= 11 is 0. The van der Waals surface area contributed by atoms with Crippen molar-refractivity contribution in [1.82, 2.24) is 4.90 Å². The topological polar surface area (TPSA) is 38.5 Å². The Morgan fingerprint density at radius 3 is 2.26 bits per heavy atom. The zero-order valence-corrected chi connectivity index (χ0v) is 13.1. The minimum absolute atomic E-state index is 0.192. The summed E-state index contributed by atoms with van der Waals surface area (Å²) < 4.78 is 5.44. The molecule has 0 fully saturated rings. The van der Waals surface area contributed by atoms with Crippen LogP contribution in [-0.4, -0.2) is 32.1 Å². The van der Waals surface area contributed by atoms with Crippen LogP contribution in [0, 0.1) is 0 Å². The maximum Gasteiger partial charge on any atom is 0.122 e. The average molecular weight is 264 g/mol. The van der Waals surface area contributed by atoms with E-state index in [2.05, 4.69) is 58.0 Å². The van der Waals surface area contributed by atoms with Crippen LogP contribution in [0.3, 0.4) is 0 Å². The lowest BCUT2D eigenvalue weighted by Crippen LogP contribution is -2.27. The zero-order chi connectivity index (χ0) is 14.6. The van der Waals surface area contributed by atoms with Crippen LogP contribution in [0.25, 0.3) is 0 Å². The van der Waals surface area contributed by atoms with E-state index in [4.69, 9.17) is 10.5 Å². The molecule has 0 heterocycles. The fourth-order valence-corrected chi connectivity index (χ4v) is 2.41. The lowest BCUT2D eigenvalue weighted by molar-refractivity contribution is 0.272. The van der Waals surface area contributed by atoms with E-state index in [0.29, 0.717) is 12.0 Å². The molecule has 1 rings (SSSR count). The molecule has 2 atom stereocenters.